The minimum Gasteiger partial charge on any atom is -0.507 e. The van der Waals surface area contributed by atoms with E-state index in [1.807, 2.05) is 0 Å². The van der Waals surface area contributed by atoms with Crippen LogP contribution in [0.2, 0.25) is 5.02 Å². The van der Waals surface area contributed by atoms with Crippen LogP contribution in [0.15, 0.2) is 54.1 Å². The van der Waals surface area contributed by atoms with Gasteiger partial charge in [-0.15, -0.1) is 0 Å². The van der Waals surface area contributed by atoms with Gasteiger partial charge in [-0.2, -0.15) is 0 Å². The number of benzene rings is 2. The summed E-state index contributed by atoms with van der Waals surface area (Å²) in [5, 5.41) is 11.4. The predicted molar refractivity (Wildman–Crippen MR) is 114 cm³/mol. The van der Waals surface area contributed by atoms with E-state index in [-0.39, 0.29) is 17.9 Å². The molecule has 0 aliphatic carbocycles. The number of hydrogen-bond donors (Lipinski definition) is 1. The lowest BCUT2D eigenvalue weighted by atomic mass is 9.95. The first-order valence-corrected chi connectivity index (χ1v) is 10.4. The third-order valence-corrected chi connectivity index (χ3v) is 5.83. The number of aliphatic hydroxyl groups excluding tert-OH is 1. The second-order valence-electron chi connectivity index (χ2n) is 7.51. The van der Waals surface area contributed by atoms with Crippen LogP contribution in [0.1, 0.15) is 17.2 Å². The van der Waals surface area contributed by atoms with Gasteiger partial charge in [-0.25, -0.2) is 4.39 Å². The van der Waals surface area contributed by atoms with Crippen LogP contribution < -0.4 is 0 Å². The number of carbonyl (C=O) groups is 2. The average Bonchev–Trinajstić information content (AvgIpc) is 3.03. The Balaban J connectivity index is 1.73. The Labute approximate surface area is 184 Å². The summed E-state index contributed by atoms with van der Waals surface area (Å²) < 4.78 is 19.4. The Bertz CT molecular complexity index is 1020. The first-order chi connectivity index (χ1) is 15.0. The zero-order valence-electron chi connectivity index (χ0n) is 16.8. The molecule has 0 bridgehead atoms. The molecule has 1 amide bonds. The van der Waals surface area contributed by atoms with Gasteiger partial charge in [0.2, 0.25) is 0 Å². The van der Waals surface area contributed by atoms with Gasteiger partial charge in [0, 0.05) is 36.8 Å². The van der Waals surface area contributed by atoms with Crippen molar-refractivity contribution in [2.45, 2.75) is 6.04 Å². The number of rotatable bonds is 5. The molecule has 2 aromatic rings. The second kappa shape index (κ2) is 9.18. The largest absolute Gasteiger partial charge is 0.507 e. The maximum atomic E-state index is 14.0. The highest BCUT2D eigenvalue weighted by molar-refractivity contribution is 6.46. The smallest absolute Gasteiger partial charge is 0.295 e. The molecular weight excluding hydrogens is 423 g/mol. The molecule has 0 spiro atoms. The molecule has 2 heterocycles. The van der Waals surface area contributed by atoms with Crippen LogP contribution >= 0.6 is 11.6 Å². The summed E-state index contributed by atoms with van der Waals surface area (Å²) in [5.41, 5.74) is 0.730. The van der Waals surface area contributed by atoms with Gasteiger partial charge in [0.05, 0.1) is 24.8 Å². The molecule has 0 saturated carbocycles. The lowest BCUT2D eigenvalue weighted by Crippen LogP contribution is -2.42. The van der Waals surface area contributed by atoms with Crippen LogP contribution in [0.4, 0.5) is 4.39 Å². The molecule has 2 aliphatic heterocycles. The van der Waals surface area contributed by atoms with Crippen molar-refractivity contribution in [2.24, 2.45) is 0 Å². The summed E-state index contributed by atoms with van der Waals surface area (Å²) in [4.78, 5) is 29.4. The summed E-state index contributed by atoms with van der Waals surface area (Å²) in [5.74, 6) is -2.29. The molecule has 2 aliphatic rings. The maximum absolute atomic E-state index is 14.0. The first-order valence-electron chi connectivity index (χ1n) is 10.1. The van der Waals surface area contributed by atoms with Gasteiger partial charge >= 0.3 is 0 Å². The van der Waals surface area contributed by atoms with Crippen LogP contribution in [0, 0.1) is 5.82 Å². The van der Waals surface area contributed by atoms with Gasteiger partial charge in [0.1, 0.15) is 11.6 Å². The molecule has 6 nitrogen and oxygen atoms in total. The molecule has 2 saturated heterocycles. The minimum atomic E-state index is -0.882. The monoisotopic (exact) mass is 444 g/mol. The predicted octanol–water partition coefficient (Wildman–Crippen LogP) is 3.23. The number of Topliss-reactive ketones (excluding diaryl/α,β-unsaturated/α-hetero) is 1. The number of ketones is 1. The van der Waals surface area contributed by atoms with Gasteiger partial charge in [-0.3, -0.25) is 14.5 Å². The van der Waals surface area contributed by atoms with E-state index in [9.17, 15) is 19.1 Å². The van der Waals surface area contributed by atoms with E-state index in [2.05, 4.69) is 4.90 Å². The van der Waals surface area contributed by atoms with Crippen molar-refractivity contribution < 1.29 is 23.8 Å². The van der Waals surface area contributed by atoms with E-state index < -0.39 is 23.5 Å². The highest BCUT2D eigenvalue weighted by Crippen LogP contribution is 2.39. The van der Waals surface area contributed by atoms with Crippen LogP contribution in [0.5, 0.6) is 0 Å². The number of likely N-dealkylation sites (tertiary alicyclic amines) is 1. The summed E-state index contributed by atoms with van der Waals surface area (Å²) in [6.07, 6.45) is 0. The van der Waals surface area contributed by atoms with Gasteiger partial charge < -0.3 is 14.7 Å². The Morgan fingerprint density at radius 2 is 1.81 bits per heavy atom. The van der Waals surface area contributed by atoms with Gasteiger partial charge in [-0.05, 0) is 42.0 Å². The fourth-order valence-corrected chi connectivity index (χ4v) is 4.10. The van der Waals surface area contributed by atoms with Crippen molar-refractivity contribution in [3.8, 4) is 0 Å². The van der Waals surface area contributed by atoms with Crippen LogP contribution in [-0.4, -0.2) is 66.0 Å². The fraction of sp³-hybridized carbons (Fsp3) is 0.304. The molecule has 1 N–H and O–H groups in total. The van der Waals surface area contributed by atoms with E-state index in [1.54, 1.807) is 30.3 Å². The molecule has 0 unspecified atom stereocenters. The molecule has 0 aromatic heterocycles. The minimum absolute atomic E-state index is 0.0556. The Kier molecular flexibility index (Phi) is 6.36. The first kappa shape index (κ1) is 21.5. The second-order valence-corrected chi connectivity index (χ2v) is 7.94. The third-order valence-electron chi connectivity index (χ3n) is 5.58. The topological polar surface area (TPSA) is 70.1 Å². The lowest BCUT2D eigenvalue weighted by molar-refractivity contribution is -0.140. The normalized spacial score (nSPS) is 21.6. The van der Waals surface area contributed by atoms with E-state index >= 15 is 0 Å². The number of nitrogens with zero attached hydrogens (tertiary/aromatic N) is 2. The lowest BCUT2D eigenvalue weighted by Gasteiger charge is -2.31. The van der Waals surface area contributed by atoms with Crippen molar-refractivity contribution in [1.29, 1.82) is 0 Å². The molecule has 1 atom stereocenters. The quantitative estimate of drug-likeness (QED) is 0.435. The number of carbonyl (C=O) groups excluding carboxylic acids is 2. The number of amides is 1. The summed E-state index contributed by atoms with van der Waals surface area (Å²) in [6.45, 7) is 3.51. The molecule has 162 valence electrons. The van der Waals surface area contributed by atoms with Gasteiger partial charge in [-0.1, -0.05) is 23.7 Å². The molecule has 31 heavy (non-hydrogen) atoms. The zero-order valence-corrected chi connectivity index (χ0v) is 17.5. The number of morpholine rings is 1. The van der Waals surface area contributed by atoms with Crippen LogP contribution in [-0.2, 0) is 14.3 Å². The average molecular weight is 445 g/mol. The van der Waals surface area contributed by atoms with Crippen molar-refractivity contribution in [3.05, 3.63) is 76.1 Å². The Hall–Kier alpha value is -2.74. The summed E-state index contributed by atoms with van der Waals surface area (Å²) in [7, 11) is 0. The molecule has 2 fully saturated rings. The van der Waals surface area contributed by atoms with E-state index in [1.165, 1.54) is 23.1 Å². The molecule has 4 rings (SSSR count). The molecule has 0 radical (unpaired) electrons. The third kappa shape index (κ3) is 4.49. The maximum Gasteiger partial charge on any atom is 0.295 e. The summed E-state index contributed by atoms with van der Waals surface area (Å²) in [6, 6.07) is 11.2. The number of halogens is 2. The summed E-state index contributed by atoms with van der Waals surface area (Å²) >= 11 is 5.93. The van der Waals surface area contributed by atoms with Crippen molar-refractivity contribution in [2.75, 3.05) is 39.4 Å². The van der Waals surface area contributed by atoms with E-state index in [4.69, 9.17) is 16.3 Å². The van der Waals surface area contributed by atoms with Gasteiger partial charge in [0.15, 0.2) is 0 Å². The van der Waals surface area contributed by atoms with Crippen LogP contribution in [0.25, 0.3) is 5.76 Å². The van der Waals surface area contributed by atoms with E-state index in [0.29, 0.717) is 35.9 Å². The SMILES string of the molecule is O=C1C(=O)N(CCN2CCOCC2)[C@H](c2cccc(F)c2)/C1=C(\O)c1ccc(Cl)cc1. The standard InChI is InChI=1S/C23H22ClFN2O4/c24-17-6-4-15(5-7-17)21(28)19-20(16-2-1-3-18(25)14-16)27(23(30)22(19)29)9-8-26-10-12-31-13-11-26/h1-7,14,20,28H,8-13H2/b21-19+/t20-/m1/s1. The highest BCUT2D eigenvalue weighted by Gasteiger charge is 2.46. The number of ether oxygens (including phenoxy) is 1. The number of hydrogen-bond acceptors (Lipinski definition) is 5. The molecule has 8 heteroatoms. The van der Waals surface area contributed by atoms with Crippen molar-refractivity contribution >= 4 is 29.1 Å². The van der Waals surface area contributed by atoms with E-state index in [0.717, 1.165) is 13.1 Å². The Morgan fingerprint density at radius 3 is 2.48 bits per heavy atom. The highest BCUT2D eigenvalue weighted by atomic mass is 35.5. The van der Waals surface area contributed by atoms with Crippen molar-refractivity contribution in [3.63, 3.8) is 0 Å². The fourth-order valence-electron chi connectivity index (χ4n) is 3.97. The van der Waals surface area contributed by atoms with Gasteiger partial charge in [0.25, 0.3) is 11.7 Å². The molecule has 2 aromatic carbocycles. The zero-order chi connectivity index (χ0) is 22.0. The molecular formula is C23H22ClFN2O4. The Morgan fingerprint density at radius 1 is 1.10 bits per heavy atom. The van der Waals surface area contributed by atoms with Crippen molar-refractivity contribution in [1.82, 2.24) is 9.80 Å². The van der Waals surface area contributed by atoms with Crippen LogP contribution in [0.3, 0.4) is 0 Å². The number of aliphatic hydroxyl groups is 1.